The summed E-state index contributed by atoms with van der Waals surface area (Å²) in [5.74, 6) is 0. The van der Waals surface area contributed by atoms with Crippen molar-refractivity contribution < 1.29 is 0 Å². The normalized spacial score (nSPS) is 11.6. The van der Waals surface area contributed by atoms with Gasteiger partial charge in [0.15, 0.2) is 4.96 Å². The second kappa shape index (κ2) is 5.22. The Kier molecular flexibility index (Phi) is 2.98. The van der Waals surface area contributed by atoms with Gasteiger partial charge in [-0.1, -0.05) is 12.1 Å². The van der Waals surface area contributed by atoms with E-state index in [0.29, 0.717) is 0 Å². The Labute approximate surface area is 147 Å². The van der Waals surface area contributed by atoms with Gasteiger partial charge in [0.05, 0.1) is 11.4 Å². The van der Waals surface area contributed by atoms with Gasteiger partial charge in [-0.2, -0.15) is 15.0 Å². The Morgan fingerprint density at radius 3 is 2.76 bits per heavy atom. The lowest BCUT2D eigenvalue weighted by Crippen LogP contribution is -1.91. The van der Waals surface area contributed by atoms with Crippen LogP contribution in [0.2, 0.25) is 0 Å². The molecule has 122 valence electrons. The average molecular weight is 346 g/mol. The smallest absolute Gasteiger partial charge is 0.194 e. The molecule has 7 heteroatoms. The highest BCUT2D eigenvalue weighted by atomic mass is 32.1. The van der Waals surface area contributed by atoms with Crippen LogP contribution in [-0.4, -0.2) is 29.4 Å². The van der Waals surface area contributed by atoms with Crippen LogP contribution >= 0.6 is 11.3 Å². The van der Waals surface area contributed by atoms with Gasteiger partial charge >= 0.3 is 0 Å². The number of thiazole rings is 1. The molecule has 0 aliphatic rings. The Bertz CT molecular complexity index is 1230. The summed E-state index contributed by atoms with van der Waals surface area (Å²) in [6.07, 6.45) is 2.04. The molecule has 0 fully saturated rings. The highest BCUT2D eigenvalue weighted by molar-refractivity contribution is 7.15. The van der Waals surface area contributed by atoms with Gasteiger partial charge in [0, 0.05) is 29.9 Å². The largest absolute Gasteiger partial charge is 0.290 e. The molecule has 0 saturated heterocycles. The summed E-state index contributed by atoms with van der Waals surface area (Å²) in [5.41, 5.74) is 6.58. The van der Waals surface area contributed by atoms with Crippen molar-refractivity contribution in [3.63, 3.8) is 0 Å². The number of hydrogen-bond donors (Lipinski definition) is 0. The summed E-state index contributed by atoms with van der Waals surface area (Å²) in [7, 11) is 1.83. The van der Waals surface area contributed by atoms with Crippen LogP contribution in [0.4, 0.5) is 0 Å². The summed E-state index contributed by atoms with van der Waals surface area (Å²) in [6.45, 7) is 1.99. The van der Waals surface area contributed by atoms with Crippen LogP contribution in [0.5, 0.6) is 0 Å². The van der Waals surface area contributed by atoms with Gasteiger partial charge in [-0.3, -0.25) is 9.38 Å². The number of pyridine rings is 1. The van der Waals surface area contributed by atoms with E-state index in [-0.39, 0.29) is 0 Å². The molecule has 0 aliphatic carbocycles. The quantitative estimate of drug-likeness (QED) is 0.489. The van der Waals surface area contributed by atoms with Crippen LogP contribution in [0.1, 0.15) is 5.69 Å². The molecule has 1 aromatic carbocycles. The third kappa shape index (κ3) is 2.24. The van der Waals surface area contributed by atoms with Gasteiger partial charge in [-0.05, 0) is 31.2 Å². The SMILES string of the molecule is Cc1cccc(-c2nc3sccn3c2-c2ccc3nn(C)nc3c2)n1. The van der Waals surface area contributed by atoms with Crippen LogP contribution in [0.3, 0.4) is 0 Å². The Hall–Kier alpha value is -3.06. The molecule has 25 heavy (non-hydrogen) atoms. The van der Waals surface area contributed by atoms with E-state index in [9.17, 15) is 0 Å². The average Bonchev–Trinajstić information content (AvgIpc) is 3.26. The fourth-order valence-electron chi connectivity index (χ4n) is 3.08. The Balaban J connectivity index is 1.81. The zero-order valence-corrected chi connectivity index (χ0v) is 14.5. The molecule has 0 saturated carbocycles. The summed E-state index contributed by atoms with van der Waals surface area (Å²) in [6, 6.07) is 12.1. The van der Waals surface area contributed by atoms with Crippen LogP contribution in [0.15, 0.2) is 48.0 Å². The first kappa shape index (κ1) is 14.3. The van der Waals surface area contributed by atoms with Gasteiger partial charge in [0.2, 0.25) is 0 Å². The van der Waals surface area contributed by atoms with E-state index in [2.05, 4.69) is 31.7 Å². The molecule has 0 radical (unpaired) electrons. The van der Waals surface area contributed by atoms with Crippen LogP contribution < -0.4 is 0 Å². The second-order valence-electron chi connectivity index (χ2n) is 5.92. The van der Waals surface area contributed by atoms with E-state index in [0.717, 1.165) is 44.3 Å². The zero-order valence-electron chi connectivity index (χ0n) is 13.7. The predicted molar refractivity (Wildman–Crippen MR) is 98.5 cm³/mol. The summed E-state index contributed by atoms with van der Waals surface area (Å²) in [4.78, 5) is 12.0. The van der Waals surface area contributed by atoms with Gasteiger partial charge in [-0.25, -0.2) is 4.98 Å². The maximum Gasteiger partial charge on any atom is 0.194 e. The first-order valence-electron chi connectivity index (χ1n) is 7.90. The van der Waals surface area contributed by atoms with Crippen molar-refractivity contribution >= 4 is 27.3 Å². The molecule has 4 heterocycles. The minimum atomic E-state index is 0.869. The second-order valence-corrected chi connectivity index (χ2v) is 6.79. The molecule has 6 nitrogen and oxygen atoms in total. The maximum atomic E-state index is 4.82. The summed E-state index contributed by atoms with van der Waals surface area (Å²) in [5, 5.41) is 10.8. The van der Waals surface area contributed by atoms with E-state index in [1.807, 2.05) is 49.8 Å². The standard InChI is InChI=1S/C18H14N6S/c1-11-4-3-5-14(19-11)16-17(24-8-9-25-18(24)20-16)12-6-7-13-15(10-12)22-23(2)21-13/h3-10H,1-2H3. The number of benzene rings is 1. The van der Waals surface area contributed by atoms with Crippen molar-refractivity contribution in [2.75, 3.05) is 0 Å². The van der Waals surface area contributed by atoms with E-state index in [1.165, 1.54) is 0 Å². The van der Waals surface area contributed by atoms with Crippen LogP contribution in [0.25, 0.3) is 38.6 Å². The number of hydrogen-bond acceptors (Lipinski definition) is 5. The molecular weight excluding hydrogens is 332 g/mol. The van der Waals surface area contributed by atoms with Crippen molar-refractivity contribution in [1.29, 1.82) is 0 Å². The lowest BCUT2D eigenvalue weighted by Gasteiger charge is -2.05. The number of aryl methyl sites for hydroxylation is 2. The molecule has 0 atom stereocenters. The van der Waals surface area contributed by atoms with Crippen molar-refractivity contribution in [3.8, 4) is 22.6 Å². The highest BCUT2D eigenvalue weighted by Crippen LogP contribution is 2.34. The van der Waals surface area contributed by atoms with Crippen molar-refractivity contribution in [2.24, 2.45) is 7.05 Å². The lowest BCUT2D eigenvalue weighted by molar-refractivity contribution is 0.665. The molecule has 0 unspecified atom stereocenters. The van der Waals surface area contributed by atoms with Gasteiger partial charge < -0.3 is 0 Å². The van der Waals surface area contributed by atoms with Crippen molar-refractivity contribution in [2.45, 2.75) is 6.92 Å². The van der Waals surface area contributed by atoms with Gasteiger partial charge in [-0.15, -0.1) is 11.3 Å². The summed E-state index contributed by atoms with van der Waals surface area (Å²) < 4.78 is 2.11. The molecule has 0 N–H and O–H groups in total. The monoisotopic (exact) mass is 346 g/mol. The van der Waals surface area contributed by atoms with Crippen molar-refractivity contribution in [1.82, 2.24) is 29.4 Å². The fourth-order valence-corrected chi connectivity index (χ4v) is 3.80. The van der Waals surface area contributed by atoms with Crippen molar-refractivity contribution in [3.05, 3.63) is 53.7 Å². The Morgan fingerprint density at radius 2 is 1.88 bits per heavy atom. The van der Waals surface area contributed by atoms with E-state index < -0.39 is 0 Å². The van der Waals surface area contributed by atoms with Gasteiger partial charge in [0.25, 0.3) is 0 Å². The number of fused-ring (bicyclic) bond motifs is 2. The first-order chi connectivity index (χ1) is 12.2. The summed E-state index contributed by atoms with van der Waals surface area (Å²) >= 11 is 1.62. The number of rotatable bonds is 2. The van der Waals surface area contributed by atoms with E-state index >= 15 is 0 Å². The van der Waals surface area contributed by atoms with Crippen LogP contribution in [-0.2, 0) is 7.05 Å². The molecule has 5 rings (SSSR count). The highest BCUT2D eigenvalue weighted by Gasteiger charge is 2.18. The molecule has 5 aromatic rings. The third-order valence-electron chi connectivity index (χ3n) is 4.15. The molecular formula is C18H14N6S. The fraction of sp³-hybridized carbons (Fsp3) is 0.111. The number of aromatic nitrogens is 6. The maximum absolute atomic E-state index is 4.82. The molecule has 0 amide bonds. The molecule has 0 spiro atoms. The minimum Gasteiger partial charge on any atom is -0.290 e. The number of imidazole rings is 1. The zero-order chi connectivity index (χ0) is 17.0. The Morgan fingerprint density at radius 1 is 1.00 bits per heavy atom. The molecule has 0 bridgehead atoms. The van der Waals surface area contributed by atoms with Crippen LogP contribution in [0, 0.1) is 6.92 Å². The minimum absolute atomic E-state index is 0.869. The molecule has 4 aromatic heterocycles. The predicted octanol–water partition coefficient (Wildman–Crippen LogP) is 3.71. The number of nitrogens with zero attached hydrogens (tertiary/aromatic N) is 6. The first-order valence-corrected chi connectivity index (χ1v) is 8.78. The van der Waals surface area contributed by atoms with E-state index in [1.54, 1.807) is 16.1 Å². The van der Waals surface area contributed by atoms with Gasteiger partial charge in [0.1, 0.15) is 16.7 Å². The third-order valence-corrected chi connectivity index (χ3v) is 4.90. The van der Waals surface area contributed by atoms with E-state index in [4.69, 9.17) is 4.98 Å². The molecule has 0 aliphatic heterocycles. The lowest BCUT2D eigenvalue weighted by atomic mass is 10.1. The topological polar surface area (TPSA) is 60.9 Å².